The maximum Gasteiger partial charge on any atom is 0.252 e. The highest BCUT2D eigenvalue weighted by Gasteiger charge is 2.28. The lowest BCUT2D eigenvalue weighted by Crippen LogP contribution is -2.27. The summed E-state index contributed by atoms with van der Waals surface area (Å²) < 4.78 is 37.9. The number of amides is 1. The molecule has 10 heteroatoms. The SMILES string of the molecule is O=C(NCc1ccc(S(=O)(=O)N2CCCC2)s1)c1cc(Cl)c2c(c1)OCCO2. The quantitative estimate of drug-likeness (QED) is 0.769. The average molecular weight is 443 g/mol. The van der Waals surface area contributed by atoms with E-state index in [9.17, 15) is 13.2 Å². The summed E-state index contributed by atoms with van der Waals surface area (Å²) in [4.78, 5) is 13.2. The number of carbonyl (C=O) groups excluding carboxylic acids is 1. The molecule has 2 aromatic rings. The number of hydrogen-bond donors (Lipinski definition) is 1. The summed E-state index contributed by atoms with van der Waals surface area (Å²) in [6, 6.07) is 6.45. The lowest BCUT2D eigenvalue weighted by molar-refractivity contribution is 0.0950. The minimum Gasteiger partial charge on any atom is -0.486 e. The fourth-order valence-electron chi connectivity index (χ4n) is 3.16. The van der Waals surface area contributed by atoms with E-state index in [1.54, 1.807) is 18.2 Å². The number of hydrogen-bond acceptors (Lipinski definition) is 6. The van der Waals surface area contributed by atoms with Gasteiger partial charge in [0, 0.05) is 23.5 Å². The van der Waals surface area contributed by atoms with Gasteiger partial charge in [-0.15, -0.1) is 11.3 Å². The van der Waals surface area contributed by atoms with Gasteiger partial charge in [-0.25, -0.2) is 8.42 Å². The molecule has 28 heavy (non-hydrogen) atoms. The van der Waals surface area contributed by atoms with Crippen LogP contribution in [0.15, 0.2) is 28.5 Å². The van der Waals surface area contributed by atoms with Crippen LogP contribution in [0.4, 0.5) is 0 Å². The molecule has 0 unspecified atom stereocenters. The van der Waals surface area contributed by atoms with Gasteiger partial charge in [-0.1, -0.05) is 11.6 Å². The Labute approximate surface area is 172 Å². The van der Waals surface area contributed by atoms with Crippen LogP contribution in [0.2, 0.25) is 5.02 Å². The predicted molar refractivity (Wildman–Crippen MR) is 106 cm³/mol. The maximum atomic E-state index is 12.6. The van der Waals surface area contributed by atoms with E-state index in [2.05, 4.69) is 5.32 Å². The number of rotatable bonds is 5. The summed E-state index contributed by atoms with van der Waals surface area (Å²) in [7, 11) is -3.43. The molecular formula is C18H19ClN2O5S2. The van der Waals surface area contributed by atoms with Gasteiger partial charge in [0.2, 0.25) is 0 Å². The van der Waals surface area contributed by atoms with E-state index in [1.807, 2.05) is 0 Å². The van der Waals surface area contributed by atoms with Crippen LogP contribution in [0.1, 0.15) is 28.1 Å². The van der Waals surface area contributed by atoms with E-state index in [1.165, 1.54) is 21.7 Å². The topological polar surface area (TPSA) is 84.9 Å². The van der Waals surface area contributed by atoms with Crippen molar-refractivity contribution in [2.45, 2.75) is 23.6 Å². The van der Waals surface area contributed by atoms with Crippen LogP contribution in [0.5, 0.6) is 11.5 Å². The molecule has 0 saturated carbocycles. The average Bonchev–Trinajstić information content (AvgIpc) is 3.38. The van der Waals surface area contributed by atoms with Crippen molar-refractivity contribution in [2.75, 3.05) is 26.3 Å². The Balaban J connectivity index is 1.43. The zero-order valence-electron chi connectivity index (χ0n) is 14.9. The van der Waals surface area contributed by atoms with E-state index in [4.69, 9.17) is 21.1 Å². The number of ether oxygens (including phenoxy) is 2. The second-order valence-corrected chi connectivity index (χ2v) is 10.2. The van der Waals surface area contributed by atoms with Crippen LogP contribution in [-0.4, -0.2) is 44.9 Å². The fourth-order valence-corrected chi connectivity index (χ4v) is 6.39. The Hall–Kier alpha value is -1.81. The summed E-state index contributed by atoms with van der Waals surface area (Å²) in [5, 5.41) is 3.11. The van der Waals surface area contributed by atoms with Gasteiger partial charge in [0.05, 0.1) is 11.6 Å². The molecule has 0 atom stereocenters. The van der Waals surface area contributed by atoms with E-state index in [0.717, 1.165) is 17.7 Å². The largest absolute Gasteiger partial charge is 0.486 e. The van der Waals surface area contributed by atoms with Crippen LogP contribution in [0.25, 0.3) is 0 Å². The van der Waals surface area contributed by atoms with Gasteiger partial charge in [0.25, 0.3) is 15.9 Å². The number of fused-ring (bicyclic) bond motifs is 1. The first-order chi connectivity index (χ1) is 13.4. The van der Waals surface area contributed by atoms with Crippen LogP contribution in [0.3, 0.4) is 0 Å². The van der Waals surface area contributed by atoms with Crippen LogP contribution >= 0.6 is 22.9 Å². The Morgan fingerprint density at radius 3 is 2.71 bits per heavy atom. The lowest BCUT2D eigenvalue weighted by atomic mass is 10.1. The third-order valence-corrected chi connectivity index (χ3v) is 8.31. The Morgan fingerprint density at radius 1 is 1.18 bits per heavy atom. The molecule has 1 aromatic heterocycles. The molecule has 2 aliphatic heterocycles. The number of halogens is 1. The highest BCUT2D eigenvalue weighted by Crippen LogP contribution is 2.38. The molecule has 1 amide bonds. The molecule has 150 valence electrons. The molecule has 0 aliphatic carbocycles. The van der Waals surface area contributed by atoms with Crippen molar-refractivity contribution in [3.63, 3.8) is 0 Å². The van der Waals surface area contributed by atoms with Gasteiger partial charge in [-0.05, 0) is 37.1 Å². The summed E-state index contributed by atoms with van der Waals surface area (Å²) in [6.45, 7) is 2.18. The van der Waals surface area contributed by atoms with Crippen LogP contribution in [0, 0.1) is 0 Å². The Morgan fingerprint density at radius 2 is 1.93 bits per heavy atom. The van der Waals surface area contributed by atoms with Gasteiger partial charge in [0.15, 0.2) is 11.5 Å². The maximum absolute atomic E-state index is 12.6. The lowest BCUT2D eigenvalue weighted by Gasteiger charge is -2.20. The van der Waals surface area contributed by atoms with Crippen LogP contribution in [-0.2, 0) is 16.6 Å². The molecule has 2 aliphatic rings. The van der Waals surface area contributed by atoms with Crippen molar-refractivity contribution < 1.29 is 22.7 Å². The van der Waals surface area contributed by atoms with Crippen molar-refractivity contribution in [1.82, 2.24) is 9.62 Å². The molecule has 0 spiro atoms. The van der Waals surface area contributed by atoms with Crippen molar-refractivity contribution in [3.05, 3.63) is 39.7 Å². The fraction of sp³-hybridized carbons (Fsp3) is 0.389. The first-order valence-corrected chi connectivity index (χ1v) is 11.5. The zero-order chi connectivity index (χ0) is 19.7. The van der Waals surface area contributed by atoms with Crippen LogP contribution < -0.4 is 14.8 Å². The smallest absolute Gasteiger partial charge is 0.252 e. The summed E-state index contributed by atoms with van der Waals surface area (Å²) in [5.41, 5.74) is 0.357. The highest BCUT2D eigenvalue weighted by molar-refractivity contribution is 7.91. The van der Waals surface area contributed by atoms with E-state index in [0.29, 0.717) is 52.6 Å². The number of thiophene rings is 1. The van der Waals surface area contributed by atoms with Gasteiger partial charge >= 0.3 is 0 Å². The molecule has 0 radical (unpaired) electrons. The number of nitrogens with zero attached hydrogens (tertiary/aromatic N) is 1. The van der Waals surface area contributed by atoms with E-state index in [-0.39, 0.29) is 12.5 Å². The molecular weight excluding hydrogens is 424 g/mol. The third kappa shape index (κ3) is 3.84. The summed E-state index contributed by atoms with van der Waals surface area (Å²) in [5.74, 6) is 0.565. The van der Waals surface area contributed by atoms with Gasteiger partial charge in [0.1, 0.15) is 17.4 Å². The highest BCUT2D eigenvalue weighted by atomic mass is 35.5. The van der Waals surface area contributed by atoms with Crippen molar-refractivity contribution in [3.8, 4) is 11.5 Å². The molecule has 1 saturated heterocycles. The van der Waals surface area contributed by atoms with Crippen molar-refractivity contribution >= 4 is 38.9 Å². The zero-order valence-corrected chi connectivity index (χ0v) is 17.3. The Kier molecular flexibility index (Phi) is 5.50. The predicted octanol–water partition coefficient (Wildman–Crippen LogP) is 2.89. The number of sulfonamides is 1. The van der Waals surface area contributed by atoms with Gasteiger partial charge in [-0.2, -0.15) is 4.31 Å². The van der Waals surface area contributed by atoms with Gasteiger partial charge < -0.3 is 14.8 Å². The second-order valence-electron chi connectivity index (χ2n) is 6.50. The van der Waals surface area contributed by atoms with Crippen molar-refractivity contribution in [2.24, 2.45) is 0 Å². The molecule has 3 heterocycles. The minimum atomic E-state index is -3.43. The minimum absolute atomic E-state index is 0.227. The molecule has 1 aromatic carbocycles. The molecule has 0 bridgehead atoms. The normalized spacial score (nSPS) is 16.9. The number of carbonyl (C=O) groups is 1. The van der Waals surface area contributed by atoms with Gasteiger partial charge in [-0.3, -0.25) is 4.79 Å². The Bertz CT molecular complexity index is 999. The van der Waals surface area contributed by atoms with Crippen molar-refractivity contribution in [1.29, 1.82) is 0 Å². The second kappa shape index (κ2) is 7.90. The van der Waals surface area contributed by atoms with E-state index >= 15 is 0 Å². The first-order valence-electron chi connectivity index (χ1n) is 8.91. The monoisotopic (exact) mass is 442 g/mol. The van der Waals surface area contributed by atoms with E-state index < -0.39 is 10.0 Å². The standard InChI is InChI=1S/C18H19ClN2O5S2/c19-14-9-12(10-15-17(14)26-8-7-25-15)18(22)20-11-13-3-4-16(27-13)28(23,24)21-5-1-2-6-21/h3-4,9-10H,1-2,5-8,11H2,(H,20,22). The molecule has 7 nitrogen and oxygen atoms in total. The molecule has 1 fully saturated rings. The molecule has 4 rings (SSSR count). The summed E-state index contributed by atoms with van der Waals surface area (Å²) >= 11 is 7.34. The molecule has 1 N–H and O–H groups in total. The summed E-state index contributed by atoms with van der Waals surface area (Å²) in [6.07, 6.45) is 1.79. The third-order valence-electron chi connectivity index (χ3n) is 4.58. The number of benzene rings is 1. The number of nitrogens with one attached hydrogen (secondary N) is 1. The first kappa shape index (κ1) is 19.5.